The van der Waals surface area contributed by atoms with E-state index in [2.05, 4.69) is 15.6 Å². The molecule has 2 aromatic rings. The molecule has 0 fully saturated rings. The zero-order chi connectivity index (χ0) is 19.5. The van der Waals surface area contributed by atoms with Crippen LogP contribution in [0.1, 0.15) is 37.6 Å². The quantitative estimate of drug-likeness (QED) is 0.374. The fourth-order valence-electron chi connectivity index (χ4n) is 2.55. The van der Waals surface area contributed by atoms with Gasteiger partial charge in [-0.2, -0.15) is 0 Å². The van der Waals surface area contributed by atoms with Gasteiger partial charge in [0.05, 0.1) is 12.3 Å². The summed E-state index contributed by atoms with van der Waals surface area (Å²) >= 11 is 0. The van der Waals surface area contributed by atoms with E-state index in [4.69, 9.17) is 9.15 Å². The van der Waals surface area contributed by atoms with Crippen LogP contribution in [0.2, 0.25) is 0 Å². The molecule has 7 heteroatoms. The van der Waals surface area contributed by atoms with Crippen LogP contribution in [0.5, 0.6) is 0 Å². The lowest BCUT2D eigenvalue weighted by Crippen LogP contribution is -2.40. The molecule has 0 radical (unpaired) electrons. The SMILES string of the molecule is CCOCCCN=C(NCCc1ccco1)NC(C)c1ccc(F)cc1F. The average Bonchev–Trinajstić information content (AvgIpc) is 3.14. The minimum Gasteiger partial charge on any atom is -0.469 e. The average molecular weight is 379 g/mol. The molecule has 0 aliphatic carbocycles. The number of nitrogens with one attached hydrogen (secondary N) is 2. The van der Waals surface area contributed by atoms with E-state index in [0.29, 0.717) is 44.2 Å². The summed E-state index contributed by atoms with van der Waals surface area (Å²) in [6, 6.07) is 6.96. The number of ether oxygens (including phenoxy) is 1. The first kappa shape index (κ1) is 20.9. The fourth-order valence-corrected chi connectivity index (χ4v) is 2.55. The van der Waals surface area contributed by atoms with Crippen LogP contribution in [-0.4, -0.2) is 32.3 Å². The number of hydrogen-bond donors (Lipinski definition) is 2. The molecule has 1 unspecified atom stereocenters. The Bertz CT molecular complexity index is 705. The minimum atomic E-state index is -0.593. The van der Waals surface area contributed by atoms with Gasteiger partial charge in [-0.1, -0.05) is 6.07 Å². The lowest BCUT2D eigenvalue weighted by Gasteiger charge is -2.19. The van der Waals surface area contributed by atoms with Crippen LogP contribution in [0.15, 0.2) is 46.0 Å². The van der Waals surface area contributed by atoms with E-state index >= 15 is 0 Å². The molecule has 2 N–H and O–H groups in total. The summed E-state index contributed by atoms with van der Waals surface area (Å²) in [6.07, 6.45) is 3.12. The number of halogens is 2. The van der Waals surface area contributed by atoms with Gasteiger partial charge in [0.25, 0.3) is 0 Å². The van der Waals surface area contributed by atoms with Crippen LogP contribution in [0.25, 0.3) is 0 Å². The van der Waals surface area contributed by atoms with Gasteiger partial charge in [-0.05, 0) is 38.5 Å². The molecule has 0 saturated carbocycles. The van der Waals surface area contributed by atoms with E-state index in [0.717, 1.165) is 18.2 Å². The second-order valence-electron chi connectivity index (χ2n) is 6.07. The molecule has 5 nitrogen and oxygen atoms in total. The Morgan fingerprint density at radius 3 is 2.85 bits per heavy atom. The zero-order valence-electron chi connectivity index (χ0n) is 15.8. The molecule has 27 heavy (non-hydrogen) atoms. The van der Waals surface area contributed by atoms with E-state index in [1.54, 1.807) is 13.2 Å². The van der Waals surface area contributed by atoms with Gasteiger partial charge in [0, 0.05) is 44.4 Å². The van der Waals surface area contributed by atoms with Gasteiger partial charge in [0.2, 0.25) is 0 Å². The summed E-state index contributed by atoms with van der Waals surface area (Å²) in [7, 11) is 0. The first-order valence-corrected chi connectivity index (χ1v) is 9.20. The predicted molar refractivity (Wildman–Crippen MR) is 102 cm³/mol. The maximum Gasteiger partial charge on any atom is 0.191 e. The molecular weight excluding hydrogens is 352 g/mol. The number of furan rings is 1. The van der Waals surface area contributed by atoms with Crippen molar-refractivity contribution in [3.8, 4) is 0 Å². The van der Waals surface area contributed by atoms with Crippen LogP contribution in [0.4, 0.5) is 8.78 Å². The molecule has 0 spiro atoms. The summed E-state index contributed by atoms with van der Waals surface area (Å²) in [6.45, 7) is 6.27. The molecule has 1 aromatic carbocycles. The molecule has 0 amide bonds. The number of guanidine groups is 1. The largest absolute Gasteiger partial charge is 0.469 e. The minimum absolute atomic E-state index is 0.368. The van der Waals surface area contributed by atoms with Crippen LogP contribution in [0.3, 0.4) is 0 Å². The van der Waals surface area contributed by atoms with Gasteiger partial charge in [0.15, 0.2) is 5.96 Å². The van der Waals surface area contributed by atoms with Crippen molar-refractivity contribution in [2.75, 3.05) is 26.3 Å². The van der Waals surface area contributed by atoms with Crippen molar-refractivity contribution < 1.29 is 17.9 Å². The second kappa shape index (κ2) is 11.3. The predicted octanol–water partition coefficient (Wildman–Crippen LogP) is 3.82. The Morgan fingerprint density at radius 1 is 1.30 bits per heavy atom. The second-order valence-corrected chi connectivity index (χ2v) is 6.07. The van der Waals surface area contributed by atoms with E-state index in [9.17, 15) is 8.78 Å². The van der Waals surface area contributed by atoms with E-state index in [1.165, 1.54) is 12.1 Å². The van der Waals surface area contributed by atoms with Crippen molar-refractivity contribution in [3.05, 3.63) is 59.6 Å². The molecular formula is C20H27F2N3O2. The molecule has 0 saturated heterocycles. The maximum absolute atomic E-state index is 14.0. The highest BCUT2D eigenvalue weighted by Crippen LogP contribution is 2.17. The number of aliphatic imine (C=N–C) groups is 1. The van der Waals surface area contributed by atoms with Crippen LogP contribution < -0.4 is 10.6 Å². The molecule has 2 rings (SSSR count). The zero-order valence-corrected chi connectivity index (χ0v) is 15.8. The van der Waals surface area contributed by atoms with Crippen molar-refractivity contribution in [1.29, 1.82) is 0 Å². The smallest absolute Gasteiger partial charge is 0.191 e. The molecule has 1 aromatic heterocycles. The van der Waals surface area contributed by atoms with E-state index in [1.807, 2.05) is 19.1 Å². The lowest BCUT2D eigenvalue weighted by molar-refractivity contribution is 0.146. The van der Waals surface area contributed by atoms with E-state index < -0.39 is 11.6 Å². The normalized spacial score (nSPS) is 12.8. The van der Waals surface area contributed by atoms with Crippen LogP contribution in [-0.2, 0) is 11.2 Å². The third-order valence-electron chi connectivity index (χ3n) is 3.95. The first-order valence-electron chi connectivity index (χ1n) is 9.20. The lowest BCUT2D eigenvalue weighted by atomic mass is 10.1. The highest BCUT2D eigenvalue weighted by Gasteiger charge is 2.13. The number of rotatable bonds is 10. The van der Waals surface area contributed by atoms with Crippen LogP contribution >= 0.6 is 0 Å². The number of benzene rings is 1. The first-order chi connectivity index (χ1) is 13.1. The van der Waals surface area contributed by atoms with Gasteiger partial charge in [-0.3, -0.25) is 4.99 Å². The van der Waals surface area contributed by atoms with Gasteiger partial charge < -0.3 is 19.8 Å². The fraction of sp³-hybridized carbons (Fsp3) is 0.450. The van der Waals surface area contributed by atoms with Gasteiger partial charge in [-0.15, -0.1) is 0 Å². The summed E-state index contributed by atoms with van der Waals surface area (Å²) in [4.78, 5) is 4.51. The molecule has 0 aliphatic rings. The Hall–Kier alpha value is -2.41. The van der Waals surface area contributed by atoms with Gasteiger partial charge in [0.1, 0.15) is 17.4 Å². The summed E-state index contributed by atoms with van der Waals surface area (Å²) < 4.78 is 37.8. The number of nitrogens with zero attached hydrogens (tertiary/aromatic N) is 1. The summed E-state index contributed by atoms with van der Waals surface area (Å²) in [5.74, 6) is 0.260. The Balaban J connectivity index is 1.95. The van der Waals surface area contributed by atoms with Crippen molar-refractivity contribution in [3.63, 3.8) is 0 Å². The molecule has 1 atom stereocenters. The third kappa shape index (κ3) is 7.38. The van der Waals surface area contributed by atoms with Crippen molar-refractivity contribution >= 4 is 5.96 Å². The highest BCUT2D eigenvalue weighted by atomic mass is 19.1. The van der Waals surface area contributed by atoms with E-state index in [-0.39, 0.29) is 6.04 Å². The van der Waals surface area contributed by atoms with Gasteiger partial charge in [-0.25, -0.2) is 8.78 Å². The molecule has 148 valence electrons. The summed E-state index contributed by atoms with van der Waals surface area (Å²) in [5.41, 5.74) is 0.381. The molecule has 1 heterocycles. The highest BCUT2D eigenvalue weighted by molar-refractivity contribution is 5.80. The summed E-state index contributed by atoms with van der Waals surface area (Å²) in [5, 5.41) is 6.39. The van der Waals surface area contributed by atoms with Crippen molar-refractivity contribution in [1.82, 2.24) is 10.6 Å². The van der Waals surface area contributed by atoms with Crippen molar-refractivity contribution in [2.24, 2.45) is 4.99 Å². The molecule has 0 bridgehead atoms. The Morgan fingerprint density at radius 2 is 2.15 bits per heavy atom. The Kier molecular flexibility index (Phi) is 8.77. The van der Waals surface area contributed by atoms with Gasteiger partial charge >= 0.3 is 0 Å². The monoisotopic (exact) mass is 379 g/mol. The molecule has 0 aliphatic heterocycles. The van der Waals surface area contributed by atoms with Crippen LogP contribution in [0, 0.1) is 11.6 Å². The van der Waals surface area contributed by atoms with Crippen molar-refractivity contribution in [2.45, 2.75) is 32.7 Å². The topological polar surface area (TPSA) is 58.8 Å². The third-order valence-corrected chi connectivity index (χ3v) is 3.95. The Labute approximate surface area is 158 Å². The number of hydrogen-bond acceptors (Lipinski definition) is 3. The standard InChI is InChI=1S/C20H27F2N3O2/c1-3-26-12-5-10-23-20(24-11-9-17-6-4-13-27-17)25-15(2)18-8-7-16(21)14-19(18)22/h4,6-8,13-15H,3,5,9-12H2,1-2H3,(H2,23,24,25). The maximum atomic E-state index is 14.0.